The van der Waals surface area contributed by atoms with Gasteiger partial charge < -0.3 is 14.6 Å². The van der Waals surface area contributed by atoms with Crippen molar-refractivity contribution in [1.29, 1.82) is 0 Å². The predicted molar refractivity (Wildman–Crippen MR) is 112 cm³/mol. The van der Waals surface area contributed by atoms with Crippen LogP contribution in [0.3, 0.4) is 0 Å². The number of carbonyl (C=O) groups excluding carboxylic acids is 1. The lowest BCUT2D eigenvalue weighted by Gasteiger charge is -2.64. The molecule has 0 bridgehead atoms. The molecule has 0 aromatic carbocycles. The Morgan fingerprint density at radius 3 is 1.68 bits per heavy atom. The molecule has 0 spiro atoms. The first-order chi connectivity index (χ1) is 17.3. The number of hydrogen-bond acceptors (Lipinski definition) is 4. The van der Waals surface area contributed by atoms with Crippen molar-refractivity contribution in [3.8, 4) is 0 Å². The molecule has 1 heterocycles. The van der Waals surface area contributed by atoms with Crippen LogP contribution < -0.4 is 0 Å². The molecule has 4 nitrogen and oxygen atoms in total. The van der Waals surface area contributed by atoms with Crippen LogP contribution in [0.5, 0.6) is 0 Å². The maximum absolute atomic E-state index is 16.8. The van der Waals surface area contributed by atoms with Crippen LogP contribution in [0.4, 0.5) is 43.9 Å². The van der Waals surface area contributed by atoms with Gasteiger partial charge in [0.25, 0.3) is 0 Å². The summed E-state index contributed by atoms with van der Waals surface area (Å²) in [5, 5.41) is 10.5. The van der Waals surface area contributed by atoms with Gasteiger partial charge in [0.1, 0.15) is 0 Å². The molecule has 222 valence electrons. The number of alkyl halides is 10. The van der Waals surface area contributed by atoms with E-state index < -0.39 is 90.6 Å². The largest absolute Gasteiger partial charge is 0.449 e. The average Bonchev–Trinajstić information content (AvgIpc) is 2.83. The molecule has 3 fully saturated rings. The zero-order chi connectivity index (χ0) is 29.0. The number of ether oxygens (including phenoxy) is 2. The van der Waals surface area contributed by atoms with Crippen molar-refractivity contribution in [3.05, 3.63) is 0 Å². The first kappa shape index (κ1) is 31.2. The maximum Gasteiger partial charge on any atom is 0.449 e. The minimum atomic E-state index is -6.68. The van der Waals surface area contributed by atoms with Gasteiger partial charge in [-0.15, -0.1) is 0 Å². The molecule has 2 saturated carbocycles. The lowest BCUT2D eigenvalue weighted by atomic mass is 9.58. The first-order valence-electron chi connectivity index (χ1n) is 12.8. The van der Waals surface area contributed by atoms with Gasteiger partial charge in [-0.1, -0.05) is 52.4 Å². The Bertz CT molecular complexity index is 863. The molecule has 2 aliphatic carbocycles. The van der Waals surface area contributed by atoms with E-state index in [1.165, 1.54) is 6.92 Å². The molecule has 1 N–H and O–H groups in total. The Morgan fingerprint density at radius 1 is 0.842 bits per heavy atom. The predicted octanol–water partition coefficient (Wildman–Crippen LogP) is 7.33. The molecule has 38 heavy (non-hydrogen) atoms. The molecule has 0 radical (unpaired) electrons. The summed E-state index contributed by atoms with van der Waals surface area (Å²) in [5.41, 5.74) is -10.2. The lowest BCUT2D eigenvalue weighted by Crippen LogP contribution is -2.90. The molecule has 0 aromatic rings. The summed E-state index contributed by atoms with van der Waals surface area (Å²) in [7, 11) is 0. The minimum Gasteiger partial charge on any atom is -0.445 e. The zero-order valence-corrected chi connectivity index (χ0v) is 21.0. The molecule has 4 atom stereocenters. The zero-order valence-electron chi connectivity index (χ0n) is 21.0. The quantitative estimate of drug-likeness (QED) is 0.276. The number of halogens is 10. The van der Waals surface area contributed by atoms with E-state index in [1.54, 1.807) is 0 Å². The molecule has 3 rings (SSSR count). The fraction of sp³-hybridized carbons (Fsp3) is 0.958. The molecular weight excluding hydrogens is 542 g/mol. The van der Waals surface area contributed by atoms with Crippen LogP contribution in [0.15, 0.2) is 0 Å². The van der Waals surface area contributed by atoms with Gasteiger partial charge in [0.15, 0.2) is 0 Å². The van der Waals surface area contributed by atoms with E-state index >= 15 is 17.6 Å². The summed E-state index contributed by atoms with van der Waals surface area (Å²) in [4.78, 5) is 12.8. The highest BCUT2D eigenvalue weighted by molar-refractivity contribution is 5.73. The monoisotopic (exact) mass is 574 g/mol. The number of carbonyl (C=O) groups is 1. The number of hydrogen-bond donors (Lipinski definition) is 1. The van der Waals surface area contributed by atoms with Gasteiger partial charge in [-0.05, 0) is 32.1 Å². The highest BCUT2D eigenvalue weighted by atomic mass is 19.4. The van der Waals surface area contributed by atoms with Crippen molar-refractivity contribution in [3.63, 3.8) is 0 Å². The normalized spacial score (nSPS) is 36.0. The van der Waals surface area contributed by atoms with Crippen LogP contribution in [0, 0.1) is 17.8 Å². The van der Waals surface area contributed by atoms with Crippen molar-refractivity contribution in [2.45, 2.75) is 126 Å². The summed E-state index contributed by atoms with van der Waals surface area (Å²) in [5.74, 6) is -26.2. The summed E-state index contributed by atoms with van der Waals surface area (Å²) >= 11 is 0. The van der Waals surface area contributed by atoms with E-state index in [9.17, 15) is 36.2 Å². The number of aliphatic hydroxyl groups is 1. The van der Waals surface area contributed by atoms with Gasteiger partial charge in [-0.3, -0.25) is 4.79 Å². The van der Waals surface area contributed by atoms with E-state index in [2.05, 4.69) is 9.47 Å². The second kappa shape index (κ2) is 9.95. The summed E-state index contributed by atoms with van der Waals surface area (Å²) < 4.78 is 162. The van der Waals surface area contributed by atoms with Crippen molar-refractivity contribution in [2.75, 3.05) is 0 Å². The molecule has 0 aromatic heterocycles. The Labute approximate surface area is 213 Å². The van der Waals surface area contributed by atoms with E-state index in [1.807, 2.05) is 0 Å². The third kappa shape index (κ3) is 4.13. The standard InChI is InChI=1S/C24H32F10O4/c1-3-14(2)17(35)37-18(15-10-6-4-7-11-15)20(25,26)19(23(29,30)31,16-12-8-5-9-13-16)38-22(36,21(18,27)28)24(32,33)34/h14-16,36H,3-13H2,1-2H3. The van der Waals surface area contributed by atoms with Crippen molar-refractivity contribution < 1.29 is 63.3 Å². The van der Waals surface area contributed by atoms with E-state index in [-0.39, 0.29) is 44.9 Å². The van der Waals surface area contributed by atoms with Crippen LogP contribution in [-0.2, 0) is 14.3 Å². The number of esters is 1. The Balaban J connectivity index is 2.49. The van der Waals surface area contributed by atoms with Gasteiger partial charge in [0, 0.05) is 11.8 Å². The van der Waals surface area contributed by atoms with Crippen LogP contribution in [0.1, 0.15) is 84.5 Å². The molecule has 1 saturated heterocycles. The summed E-state index contributed by atoms with van der Waals surface area (Å²) in [6, 6.07) is 0. The van der Waals surface area contributed by atoms with Gasteiger partial charge in [0.2, 0.25) is 11.2 Å². The van der Waals surface area contributed by atoms with Crippen molar-refractivity contribution in [1.82, 2.24) is 0 Å². The fourth-order valence-corrected chi connectivity index (χ4v) is 6.30. The molecule has 0 amide bonds. The van der Waals surface area contributed by atoms with Crippen LogP contribution in [0.25, 0.3) is 0 Å². The first-order valence-corrected chi connectivity index (χ1v) is 12.8. The van der Waals surface area contributed by atoms with Crippen LogP contribution in [0.2, 0.25) is 0 Å². The fourth-order valence-electron chi connectivity index (χ4n) is 6.30. The summed E-state index contributed by atoms with van der Waals surface area (Å²) in [6.07, 6.45) is -15.9. The molecule has 1 aliphatic heterocycles. The van der Waals surface area contributed by atoms with Gasteiger partial charge in [-0.25, -0.2) is 0 Å². The van der Waals surface area contributed by atoms with E-state index in [0.717, 1.165) is 6.92 Å². The van der Waals surface area contributed by atoms with Crippen molar-refractivity contribution >= 4 is 5.97 Å². The smallest absolute Gasteiger partial charge is 0.445 e. The molecular formula is C24H32F10O4. The average molecular weight is 574 g/mol. The van der Waals surface area contributed by atoms with Gasteiger partial charge in [0.05, 0.1) is 5.92 Å². The summed E-state index contributed by atoms with van der Waals surface area (Å²) in [6.45, 7) is 2.38. The third-order valence-corrected chi connectivity index (χ3v) is 8.58. The lowest BCUT2D eigenvalue weighted by molar-refractivity contribution is -0.570. The highest BCUT2D eigenvalue weighted by Crippen LogP contribution is 2.71. The molecule has 14 heteroatoms. The minimum absolute atomic E-state index is 0.0901. The number of rotatable bonds is 5. The van der Waals surface area contributed by atoms with Crippen molar-refractivity contribution in [2.24, 2.45) is 17.8 Å². The van der Waals surface area contributed by atoms with E-state index in [0.29, 0.717) is 0 Å². The van der Waals surface area contributed by atoms with Crippen LogP contribution in [-0.4, -0.2) is 52.3 Å². The maximum atomic E-state index is 16.8. The topological polar surface area (TPSA) is 55.8 Å². The Kier molecular flexibility index (Phi) is 8.18. The second-order valence-corrected chi connectivity index (χ2v) is 10.8. The Hall–Kier alpha value is -1.31. The van der Waals surface area contributed by atoms with Crippen LogP contribution >= 0.6 is 0 Å². The third-order valence-electron chi connectivity index (χ3n) is 8.58. The highest BCUT2D eigenvalue weighted by Gasteiger charge is 2.98. The SMILES string of the molecule is CCC(C)C(=O)OC1(C2CCCCC2)C(F)(F)C(O)(C(F)(F)F)OC(C2CCCCC2)(C(F)(F)F)C1(F)F. The van der Waals surface area contributed by atoms with Gasteiger partial charge in [-0.2, -0.15) is 43.9 Å². The Morgan fingerprint density at radius 2 is 1.29 bits per heavy atom. The molecule has 3 aliphatic rings. The van der Waals surface area contributed by atoms with E-state index in [4.69, 9.17) is 0 Å². The second-order valence-electron chi connectivity index (χ2n) is 10.8. The van der Waals surface area contributed by atoms with Gasteiger partial charge >= 0.3 is 36.0 Å². The molecule has 4 unspecified atom stereocenters.